The Balaban J connectivity index is 1.78. The number of nitrogens with two attached hydrogens (primary N) is 2. The largest absolute Gasteiger partial charge is 0.382 e. The third kappa shape index (κ3) is 2.30. The molecule has 2 aliphatic heterocycles. The first-order valence-corrected chi connectivity index (χ1v) is 7.20. The maximum absolute atomic E-state index is 9.16. The van der Waals surface area contributed by atoms with Crippen LogP contribution >= 0.6 is 0 Å². The first-order chi connectivity index (χ1) is 10.1. The van der Waals surface area contributed by atoms with Gasteiger partial charge in [0.15, 0.2) is 11.5 Å². The van der Waals surface area contributed by atoms with Gasteiger partial charge in [0.05, 0.1) is 18.9 Å². The highest BCUT2D eigenvalue weighted by molar-refractivity contribution is 5.53. The quantitative estimate of drug-likeness (QED) is 0.762. The van der Waals surface area contributed by atoms with Gasteiger partial charge in [-0.1, -0.05) is 0 Å². The highest BCUT2D eigenvalue weighted by atomic mass is 16.5. The van der Waals surface area contributed by atoms with E-state index < -0.39 is 0 Å². The second-order valence-corrected chi connectivity index (χ2v) is 5.97. The molecule has 2 atom stereocenters. The minimum Gasteiger partial charge on any atom is -0.382 e. The van der Waals surface area contributed by atoms with Gasteiger partial charge in [0.2, 0.25) is 0 Å². The van der Waals surface area contributed by atoms with Gasteiger partial charge in [-0.3, -0.25) is 0 Å². The van der Waals surface area contributed by atoms with Crippen LogP contribution in [0.3, 0.4) is 0 Å². The van der Waals surface area contributed by atoms with E-state index in [0.717, 1.165) is 32.5 Å². The lowest BCUT2D eigenvalue weighted by molar-refractivity contribution is 0.0974. The molecule has 0 saturated carbocycles. The van der Waals surface area contributed by atoms with Crippen molar-refractivity contribution in [2.24, 2.45) is 11.1 Å². The van der Waals surface area contributed by atoms with Gasteiger partial charge in [-0.25, -0.2) is 9.97 Å². The van der Waals surface area contributed by atoms with Crippen LogP contribution in [0.5, 0.6) is 0 Å². The standard InChI is InChI=1S/C14H20N6O/c1-9-12(17)14(8-21-9)2-4-20(5-3-14)13-10(6-15)18-7-11(16)19-13/h7,9,12H,2-5,8,17H2,1H3,(H2,16,19)/t9-,12+/m0/s1. The number of nitriles is 1. The molecule has 1 aromatic rings. The molecule has 2 fully saturated rings. The smallest absolute Gasteiger partial charge is 0.183 e. The van der Waals surface area contributed by atoms with Crippen LogP contribution in [0.15, 0.2) is 6.20 Å². The Labute approximate surface area is 123 Å². The Kier molecular flexibility index (Phi) is 3.43. The Hall–Kier alpha value is -1.91. The highest BCUT2D eigenvalue weighted by Gasteiger charge is 2.47. The minimum atomic E-state index is 0.0521. The normalized spacial score (nSPS) is 27.8. The molecule has 112 valence electrons. The van der Waals surface area contributed by atoms with Gasteiger partial charge in [-0.15, -0.1) is 0 Å². The molecule has 7 heteroatoms. The molecule has 1 aromatic heterocycles. The lowest BCUT2D eigenvalue weighted by Gasteiger charge is -2.41. The Morgan fingerprint density at radius 2 is 2.19 bits per heavy atom. The summed E-state index contributed by atoms with van der Waals surface area (Å²) in [5.41, 5.74) is 12.4. The molecule has 3 heterocycles. The lowest BCUT2D eigenvalue weighted by Crippen LogP contribution is -2.51. The Morgan fingerprint density at radius 3 is 2.76 bits per heavy atom. The maximum Gasteiger partial charge on any atom is 0.183 e. The summed E-state index contributed by atoms with van der Waals surface area (Å²) in [6, 6.07) is 2.15. The lowest BCUT2D eigenvalue weighted by atomic mass is 9.73. The van der Waals surface area contributed by atoms with E-state index in [1.54, 1.807) is 0 Å². The molecule has 0 aliphatic carbocycles. The van der Waals surface area contributed by atoms with Gasteiger partial charge in [-0.2, -0.15) is 5.26 Å². The number of ether oxygens (including phenoxy) is 1. The van der Waals surface area contributed by atoms with Crippen molar-refractivity contribution in [2.45, 2.75) is 31.9 Å². The zero-order chi connectivity index (χ0) is 15.0. The average molecular weight is 288 g/mol. The average Bonchev–Trinajstić information content (AvgIpc) is 2.77. The molecule has 2 saturated heterocycles. The Morgan fingerprint density at radius 1 is 1.48 bits per heavy atom. The van der Waals surface area contributed by atoms with Crippen molar-refractivity contribution in [1.82, 2.24) is 9.97 Å². The number of anilines is 2. The number of hydrogen-bond donors (Lipinski definition) is 2. The van der Waals surface area contributed by atoms with E-state index in [2.05, 4.69) is 20.9 Å². The fourth-order valence-corrected chi connectivity index (χ4v) is 3.33. The molecule has 21 heavy (non-hydrogen) atoms. The minimum absolute atomic E-state index is 0.0521. The SMILES string of the molecule is C[C@@H]1OCC2(CCN(c3nc(N)cnc3C#N)CC2)[C@@H]1N. The van der Waals surface area contributed by atoms with Crippen LogP contribution in [0.1, 0.15) is 25.5 Å². The predicted molar refractivity (Wildman–Crippen MR) is 78.4 cm³/mol. The number of rotatable bonds is 1. The molecular weight excluding hydrogens is 268 g/mol. The summed E-state index contributed by atoms with van der Waals surface area (Å²) in [5, 5.41) is 9.16. The fraction of sp³-hybridized carbons (Fsp3) is 0.643. The van der Waals surface area contributed by atoms with Crippen LogP contribution in [0.25, 0.3) is 0 Å². The van der Waals surface area contributed by atoms with Gasteiger partial charge < -0.3 is 21.1 Å². The summed E-state index contributed by atoms with van der Waals surface area (Å²) < 4.78 is 5.72. The van der Waals surface area contributed by atoms with Crippen molar-refractivity contribution in [3.05, 3.63) is 11.9 Å². The van der Waals surface area contributed by atoms with Crippen LogP contribution in [0.4, 0.5) is 11.6 Å². The van der Waals surface area contributed by atoms with E-state index in [1.807, 2.05) is 6.92 Å². The van der Waals surface area contributed by atoms with Gasteiger partial charge in [0.25, 0.3) is 0 Å². The van der Waals surface area contributed by atoms with E-state index in [9.17, 15) is 0 Å². The van der Waals surface area contributed by atoms with Crippen molar-refractivity contribution in [3.63, 3.8) is 0 Å². The van der Waals surface area contributed by atoms with E-state index >= 15 is 0 Å². The first-order valence-electron chi connectivity index (χ1n) is 7.20. The maximum atomic E-state index is 9.16. The second-order valence-electron chi connectivity index (χ2n) is 5.97. The summed E-state index contributed by atoms with van der Waals surface area (Å²) in [6.07, 6.45) is 3.38. The number of nitrogen functional groups attached to an aromatic ring is 1. The van der Waals surface area contributed by atoms with Crippen molar-refractivity contribution < 1.29 is 4.74 Å². The van der Waals surface area contributed by atoms with Gasteiger partial charge in [0, 0.05) is 24.5 Å². The molecule has 3 rings (SSSR count). The van der Waals surface area contributed by atoms with E-state index in [-0.39, 0.29) is 17.6 Å². The van der Waals surface area contributed by atoms with Crippen molar-refractivity contribution >= 4 is 11.6 Å². The van der Waals surface area contributed by atoms with Crippen LogP contribution in [-0.4, -0.2) is 41.8 Å². The molecule has 2 aliphatic rings. The summed E-state index contributed by atoms with van der Waals surface area (Å²) in [4.78, 5) is 10.4. The highest BCUT2D eigenvalue weighted by Crippen LogP contribution is 2.41. The van der Waals surface area contributed by atoms with Gasteiger partial charge in [0.1, 0.15) is 11.9 Å². The number of aromatic nitrogens is 2. The molecule has 4 N–H and O–H groups in total. The molecule has 0 amide bonds. The van der Waals surface area contributed by atoms with Crippen molar-refractivity contribution in [1.29, 1.82) is 5.26 Å². The van der Waals surface area contributed by atoms with E-state index in [0.29, 0.717) is 17.3 Å². The molecule has 0 radical (unpaired) electrons. The number of nitrogens with zero attached hydrogens (tertiary/aromatic N) is 4. The van der Waals surface area contributed by atoms with Crippen LogP contribution in [-0.2, 0) is 4.74 Å². The first kappa shape index (κ1) is 14.0. The Bertz CT molecular complexity index is 575. The predicted octanol–water partition coefficient (Wildman–Crippen LogP) is 0.263. The molecule has 0 bridgehead atoms. The fourth-order valence-electron chi connectivity index (χ4n) is 3.33. The van der Waals surface area contributed by atoms with Crippen molar-refractivity contribution in [3.8, 4) is 6.07 Å². The zero-order valence-corrected chi connectivity index (χ0v) is 12.1. The topological polar surface area (TPSA) is 114 Å². The van der Waals surface area contributed by atoms with Gasteiger partial charge in [-0.05, 0) is 19.8 Å². The summed E-state index contributed by atoms with van der Waals surface area (Å²) in [7, 11) is 0. The molecule has 0 aromatic carbocycles. The summed E-state index contributed by atoms with van der Waals surface area (Å²) >= 11 is 0. The third-order valence-electron chi connectivity index (χ3n) is 4.78. The number of hydrogen-bond acceptors (Lipinski definition) is 7. The summed E-state index contributed by atoms with van der Waals surface area (Å²) in [5.74, 6) is 0.909. The van der Waals surface area contributed by atoms with Crippen LogP contribution in [0, 0.1) is 16.7 Å². The molecule has 7 nitrogen and oxygen atoms in total. The van der Waals surface area contributed by atoms with E-state index in [4.69, 9.17) is 21.5 Å². The summed E-state index contributed by atoms with van der Waals surface area (Å²) in [6.45, 7) is 4.33. The molecule has 1 spiro atoms. The van der Waals surface area contributed by atoms with Crippen LogP contribution in [0.2, 0.25) is 0 Å². The second kappa shape index (κ2) is 5.13. The zero-order valence-electron chi connectivity index (χ0n) is 12.1. The van der Waals surface area contributed by atoms with Crippen LogP contribution < -0.4 is 16.4 Å². The third-order valence-corrected chi connectivity index (χ3v) is 4.78. The van der Waals surface area contributed by atoms with Gasteiger partial charge >= 0.3 is 0 Å². The number of piperidine rings is 1. The molecule has 0 unspecified atom stereocenters. The monoisotopic (exact) mass is 288 g/mol. The van der Waals surface area contributed by atoms with E-state index in [1.165, 1.54) is 6.20 Å². The van der Waals surface area contributed by atoms with Crippen molar-refractivity contribution in [2.75, 3.05) is 30.3 Å². The molecular formula is C14H20N6O.